The molecule has 9 heteroatoms. The zero-order chi connectivity index (χ0) is 22.5. The molecule has 2 aromatic rings. The lowest BCUT2D eigenvalue weighted by Gasteiger charge is -2.31. The molecule has 1 aromatic heterocycles. The number of benzene rings is 1. The molecule has 0 radical (unpaired) electrons. The Labute approximate surface area is 191 Å². The monoisotopic (exact) mass is 457 g/mol. The summed E-state index contributed by atoms with van der Waals surface area (Å²) in [5, 5.41) is 4.70. The number of rotatable bonds is 2. The first kappa shape index (κ1) is 22.1. The van der Waals surface area contributed by atoms with Gasteiger partial charge in [-0.25, -0.2) is 0 Å². The fourth-order valence-electron chi connectivity index (χ4n) is 4.09. The second kappa shape index (κ2) is 10.0. The van der Waals surface area contributed by atoms with E-state index in [1.54, 1.807) is 15.2 Å². The number of amides is 3. The lowest BCUT2D eigenvalue weighted by atomic mass is 10.0. The molecule has 1 fully saturated rings. The van der Waals surface area contributed by atoms with Crippen LogP contribution in [0.5, 0.6) is 11.5 Å². The summed E-state index contributed by atoms with van der Waals surface area (Å²) in [6.45, 7) is 4.05. The lowest BCUT2D eigenvalue weighted by molar-refractivity contribution is -0.132. The summed E-state index contributed by atoms with van der Waals surface area (Å²) in [7, 11) is 0. The predicted molar refractivity (Wildman–Crippen MR) is 120 cm³/mol. The SMILES string of the molecule is CC(=O)N1CCCN(C(=O)c2scc3c2OCCO3)CCNC(=O)CC1c1ccccc1. The van der Waals surface area contributed by atoms with E-state index in [0.29, 0.717) is 62.2 Å². The number of carbonyl (C=O) groups is 3. The summed E-state index contributed by atoms with van der Waals surface area (Å²) in [5.41, 5.74) is 0.924. The minimum absolute atomic E-state index is 0.0957. The Balaban J connectivity index is 1.53. The van der Waals surface area contributed by atoms with Crippen LogP contribution in [0.25, 0.3) is 0 Å². The van der Waals surface area contributed by atoms with E-state index >= 15 is 0 Å². The van der Waals surface area contributed by atoms with Gasteiger partial charge in [0.2, 0.25) is 11.8 Å². The summed E-state index contributed by atoms with van der Waals surface area (Å²) >= 11 is 1.30. The molecule has 1 saturated heterocycles. The Morgan fingerprint density at radius 2 is 1.88 bits per heavy atom. The summed E-state index contributed by atoms with van der Waals surface area (Å²) in [6, 6.07) is 9.26. The van der Waals surface area contributed by atoms with Crippen LogP contribution in [0.3, 0.4) is 0 Å². The van der Waals surface area contributed by atoms with Crippen molar-refractivity contribution in [3.8, 4) is 11.5 Å². The number of hydrogen-bond donors (Lipinski definition) is 1. The number of thiophene rings is 1. The molecule has 0 aliphatic carbocycles. The van der Waals surface area contributed by atoms with Crippen LogP contribution in [0.1, 0.15) is 41.0 Å². The van der Waals surface area contributed by atoms with Gasteiger partial charge in [0.1, 0.15) is 18.1 Å². The predicted octanol–water partition coefficient (Wildman–Crippen LogP) is 2.46. The smallest absolute Gasteiger partial charge is 0.267 e. The first-order valence-electron chi connectivity index (χ1n) is 10.8. The summed E-state index contributed by atoms with van der Waals surface area (Å²) in [4.78, 5) is 42.4. The molecule has 0 saturated carbocycles. The molecule has 1 unspecified atom stereocenters. The maximum Gasteiger partial charge on any atom is 0.267 e. The second-order valence-electron chi connectivity index (χ2n) is 7.79. The highest BCUT2D eigenvalue weighted by atomic mass is 32.1. The highest BCUT2D eigenvalue weighted by Gasteiger charge is 2.29. The van der Waals surface area contributed by atoms with Gasteiger partial charge >= 0.3 is 0 Å². The summed E-state index contributed by atoms with van der Waals surface area (Å²) in [6.07, 6.45) is 0.787. The number of hydrogen-bond acceptors (Lipinski definition) is 6. The molecule has 32 heavy (non-hydrogen) atoms. The molecule has 0 bridgehead atoms. The van der Waals surface area contributed by atoms with Crippen molar-refractivity contribution < 1.29 is 23.9 Å². The molecule has 170 valence electrons. The minimum atomic E-state index is -0.342. The van der Waals surface area contributed by atoms with Gasteiger partial charge in [0.15, 0.2) is 11.5 Å². The first-order chi connectivity index (χ1) is 15.5. The second-order valence-corrected chi connectivity index (χ2v) is 8.67. The van der Waals surface area contributed by atoms with Gasteiger partial charge in [0.05, 0.1) is 12.5 Å². The third-order valence-electron chi connectivity index (χ3n) is 5.66. The van der Waals surface area contributed by atoms with E-state index in [-0.39, 0.29) is 30.2 Å². The Morgan fingerprint density at radius 3 is 2.66 bits per heavy atom. The Morgan fingerprint density at radius 1 is 1.09 bits per heavy atom. The third kappa shape index (κ3) is 4.88. The molecule has 1 aromatic carbocycles. The highest BCUT2D eigenvalue weighted by molar-refractivity contribution is 7.12. The number of nitrogens with zero attached hydrogens (tertiary/aromatic N) is 2. The largest absolute Gasteiger partial charge is 0.485 e. The first-order valence-corrected chi connectivity index (χ1v) is 11.7. The fourth-order valence-corrected chi connectivity index (χ4v) is 4.99. The Kier molecular flexibility index (Phi) is 6.94. The maximum atomic E-state index is 13.3. The molecule has 2 aliphatic rings. The van der Waals surface area contributed by atoms with E-state index in [0.717, 1.165) is 5.56 Å². The van der Waals surface area contributed by atoms with E-state index < -0.39 is 0 Å². The van der Waals surface area contributed by atoms with E-state index in [4.69, 9.17) is 9.47 Å². The van der Waals surface area contributed by atoms with Crippen molar-refractivity contribution in [1.29, 1.82) is 0 Å². The van der Waals surface area contributed by atoms with Crippen LogP contribution in [0.15, 0.2) is 35.7 Å². The van der Waals surface area contributed by atoms with E-state index in [1.807, 2.05) is 30.3 Å². The molecule has 3 heterocycles. The van der Waals surface area contributed by atoms with Crippen molar-refractivity contribution in [2.24, 2.45) is 0 Å². The van der Waals surface area contributed by atoms with Crippen LogP contribution < -0.4 is 14.8 Å². The van der Waals surface area contributed by atoms with E-state index in [9.17, 15) is 14.4 Å². The van der Waals surface area contributed by atoms with E-state index in [2.05, 4.69) is 5.32 Å². The molecule has 1 atom stereocenters. The van der Waals surface area contributed by atoms with Crippen LogP contribution in [0, 0.1) is 0 Å². The van der Waals surface area contributed by atoms with Gasteiger partial charge in [0, 0.05) is 38.5 Å². The highest BCUT2D eigenvalue weighted by Crippen LogP contribution is 2.40. The standard InChI is InChI=1S/C23H27N3O5S/c1-16(27)26-10-5-9-25(23(29)22-21-19(15-32-22)30-12-13-31-21)11-8-24-20(28)14-18(26)17-6-3-2-4-7-17/h2-4,6-7,15,18H,5,8-14H2,1H3,(H,24,28). The molecule has 4 rings (SSSR count). The maximum absolute atomic E-state index is 13.3. The van der Waals surface area contributed by atoms with Crippen LogP contribution in [-0.4, -0.2) is 66.9 Å². The molecule has 3 amide bonds. The number of carbonyl (C=O) groups excluding carboxylic acids is 3. The molecule has 1 N–H and O–H groups in total. The van der Waals surface area contributed by atoms with Crippen molar-refractivity contribution in [2.75, 3.05) is 39.4 Å². The van der Waals surface area contributed by atoms with Gasteiger partial charge in [-0.1, -0.05) is 30.3 Å². The van der Waals surface area contributed by atoms with Crippen LogP contribution in [0.4, 0.5) is 0 Å². The van der Waals surface area contributed by atoms with Gasteiger partial charge in [-0.15, -0.1) is 11.3 Å². The molecule has 8 nitrogen and oxygen atoms in total. The lowest BCUT2D eigenvalue weighted by Crippen LogP contribution is -2.39. The summed E-state index contributed by atoms with van der Waals surface area (Å²) in [5.74, 6) is 0.707. The number of nitrogens with one attached hydrogen (secondary N) is 1. The molecular formula is C23H27N3O5S. The van der Waals surface area contributed by atoms with Crippen molar-refractivity contribution in [3.05, 3.63) is 46.2 Å². The number of ether oxygens (including phenoxy) is 2. The Bertz CT molecular complexity index is 977. The zero-order valence-corrected chi connectivity index (χ0v) is 18.9. The van der Waals surface area contributed by atoms with Crippen LogP contribution in [-0.2, 0) is 9.59 Å². The van der Waals surface area contributed by atoms with E-state index in [1.165, 1.54) is 18.3 Å². The van der Waals surface area contributed by atoms with Crippen molar-refractivity contribution in [2.45, 2.75) is 25.8 Å². The quantitative estimate of drug-likeness (QED) is 0.749. The van der Waals surface area contributed by atoms with Gasteiger partial charge in [-0.2, -0.15) is 0 Å². The van der Waals surface area contributed by atoms with Crippen molar-refractivity contribution >= 4 is 29.1 Å². The molecule has 2 aliphatic heterocycles. The van der Waals surface area contributed by atoms with Gasteiger partial charge in [-0.3, -0.25) is 14.4 Å². The molecular weight excluding hydrogens is 430 g/mol. The average Bonchev–Trinajstić information content (AvgIpc) is 3.22. The molecule has 0 spiro atoms. The zero-order valence-electron chi connectivity index (χ0n) is 18.0. The summed E-state index contributed by atoms with van der Waals surface area (Å²) < 4.78 is 11.2. The van der Waals surface area contributed by atoms with Gasteiger partial charge < -0.3 is 24.6 Å². The fraction of sp³-hybridized carbons (Fsp3) is 0.435. The van der Waals surface area contributed by atoms with Crippen LogP contribution >= 0.6 is 11.3 Å². The average molecular weight is 458 g/mol. The van der Waals surface area contributed by atoms with Crippen LogP contribution in [0.2, 0.25) is 0 Å². The van der Waals surface area contributed by atoms with Gasteiger partial charge in [0.25, 0.3) is 5.91 Å². The topological polar surface area (TPSA) is 88.2 Å². The normalized spacial score (nSPS) is 19.7. The Hall–Kier alpha value is -3.07. The third-order valence-corrected chi connectivity index (χ3v) is 6.58. The van der Waals surface area contributed by atoms with Crippen molar-refractivity contribution in [1.82, 2.24) is 15.1 Å². The number of fused-ring (bicyclic) bond motifs is 1. The minimum Gasteiger partial charge on any atom is -0.485 e. The van der Waals surface area contributed by atoms with Crippen molar-refractivity contribution in [3.63, 3.8) is 0 Å². The van der Waals surface area contributed by atoms with Gasteiger partial charge in [-0.05, 0) is 12.0 Å².